The Bertz CT molecular complexity index is 712. The van der Waals surface area contributed by atoms with Gasteiger partial charge in [0.1, 0.15) is 0 Å². The number of hydrogen-bond acceptors (Lipinski definition) is 6. The third-order valence-corrected chi connectivity index (χ3v) is 6.36. The average molecular weight is 310 g/mol. The lowest BCUT2D eigenvalue weighted by atomic mass is 10.2. The molecular weight excluding hydrogens is 296 g/mol. The summed E-state index contributed by atoms with van der Waals surface area (Å²) in [6.45, 7) is 0. The molecule has 1 aliphatic heterocycles. The van der Waals surface area contributed by atoms with Gasteiger partial charge in [-0.2, -0.15) is 0 Å². The molecule has 2 aromatic rings. The monoisotopic (exact) mass is 310 g/mol. The van der Waals surface area contributed by atoms with Crippen LogP contribution in [0.15, 0.2) is 35.5 Å². The number of sulfone groups is 1. The van der Waals surface area contributed by atoms with Crippen LogP contribution < -0.4 is 5.84 Å². The third-order valence-electron chi connectivity index (χ3n) is 3.16. The van der Waals surface area contributed by atoms with E-state index in [1.807, 2.05) is 30.3 Å². The van der Waals surface area contributed by atoms with Gasteiger partial charge in [0.25, 0.3) is 0 Å². The predicted octanol–water partition coefficient (Wildman–Crippen LogP) is 0.938. The zero-order valence-corrected chi connectivity index (χ0v) is 12.3. The molecule has 1 unspecified atom stereocenters. The summed E-state index contributed by atoms with van der Waals surface area (Å²) < 4.78 is 24.3. The highest BCUT2D eigenvalue weighted by Gasteiger charge is 2.30. The lowest BCUT2D eigenvalue weighted by molar-refractivity contribution is 0.602. The topological polar surface area (TPSA) is 90.9 Å². The van der Waals surface area contributed by atoms with Crippen molar-refractivity contribution in [3.05, 3.63) is 30.3 Å². The number of nitrogen functional groups attached to an aromatic ring is 1. The maximum absolute atomic E-state index is 11.5. The predicted molar refractivity (Wildman–Crippen MR) is 78.5 cm³/mol. The minimum absolute atomic E-state index is 0.00937. The van der Waals surface area contributed by atoms with Crippen molar-refractivity contribution in [2.24, 2.45) is 0 Å². The van der Waals surface area contributed by atoms with Gasteiger partial charge in [-0.3, -0.25) is 0 Å². The Labute approximate surface area is 121 Å². The first kappa shape index (κ1) is 13.4. The van der Waals surface area contributed by atoms with E-state index >= 15 is 0 Å². The normalized spacial score (nSPS) is 21.1. The molecule has 1 saturated heterocycles. The summed E-state index contributed by atoms with van der Waals surface area (Å²) in [6.07, 6.45) is 0.639. The van der Waals surface area contributed by atoms with Crippen LogP contribution in [0.25, 0.3) is 11.4 Å². The van der Waals surface area contributed by atoms with Crippen molar-refractivity contribution >= 4 is 21.6 Å². The van der Waals surface area contributed by atoms with Crippen molar-refractivity contribution in [2.75, 3.05) is 17.3 Å². The van der Waals surface area contributed by atoms with Gasteiger partial charge >= 0.3 is 0 Å². The highest BCUT2D eigenvalue weighted by molar-refractivity contribution is 8.01. The van der Waals surface area contributed by atoms with Crippen LogP contribution in [0, 0.1) is 0 Å². The van der Waals surface area contributed by atoms with Crippen molar-refractivity contribution < 1.29 is 8.42 Å². The smallest absolute Gasteiger partial charge is 0.210 e. The number of rotatable bonds is 3. The van der Waals surface area contributed by atoms with E-state index in [1.54, 1.807) is 0 Å². The van der Waals surface area contributed by atoms with Crippen LogP contribution in [0.5, 0.6) is 0 Å². The lowest BCUT2D eigenvalue weighted by Gasteiger charge is -2.07. The molecule has 1 fully saturated rings. The minimum atomic E-state index is -2.89. The second-order valence-electron chi connectivity index (χ2n) is 4.69. The second kappa shape index (κ2) is 5.10. The van der Waals surface area contributed by atoms with E-state index in [4.69, 9.17) is 5.84 Å². The maximum Gasteiger partial charge on any atom is 0.210 e. The second-order valence-corrected chi connectivity index (χ2v) is 8.18. The number of thioether (sulfide) groups is 1. The molecule has 0 saturated carbocycles. The highest BCUT2D eigenvalue weighted by atomic mass is 32.2. The van der Waals surface area contributed by atoms with Gasteiger partial charge in [-0.25, -0.2) is 13.1 Å². The summed E-state index contributed by atoms with van der Waals surface area (Å²) in [4.78, 5) is 0. The van der Waals surface area contributed by atoms with Crippen LogP contribution in [0.3, 0.4) is 0 Å². The van der Waals surface area contributed by atoms with Gasteiger partial charge < -0.3 is 5.84 Å². The number of nitrogens with two attached hydrogens (primary N) is 1. The van der Waals surface area contributed by atoms with Gasteiger partial charge in [0, 0.05) is 10.8 Å². The Hall–Kier alpha value is -1.54. The van der Waals surface area contributed by atoms with Gasteiger partial charge in [-0.1, -0.05) is 42.1 Å². The molecule has 2 N–H and O–H groups in total. The fraction of sp³-hybridized carbons (Fsp3) is 0.333. The van der Waals surface area contributed by atoms with Crippen LogP contribution in [0.2, 0.25) is 0 Å². The molecule has 0 spiro atoms. The van der Waals surface area contributed by atoms with Crippen molar-refractivity contribution in [3.63, 3.8) is 0 Å². The van der Waals surface area contributed by atoms with Gasteiger partial charge in [0.2, 0.25) is 5.16 Å². The molecule has 3 rings (SSSR count). The van der Waals surface area contributed by atoms with Crippen LogP contribution >= 0.6 is 11.8 Å². The fourth-order valence-electron chi connectivity index (χ4n) is 2.14. The molecule has 106 valence electrons. The molecule has 0 amide bonds. The molecular formula is C12H14N4O2S2. The summed E-state index contributed by atoms with van der Waals surface area (Å²) in [5.41, 5.74) is 0.883. The van der Waals surface area contributed by atoms with Gasteiger partial charge in [0.15, 0.2) is 15.7 Å². The summed E-state index contributed by atoms with van der Waals surface area (Å²) in [5.74, 6) is 7.01. The summed E-state index contributed by atoms with van der Waals surface area (Å²) in [7, 11) is -2.89. The number of hydrogen-bond donors (Lipinski definition) is 1. The molecule has 20 heavy (non-hydrogen) atoms. The summed E-state index contributed by atoms with van der Waals surface area (Å²) in [6, 6.07) is 9.53. The van der Waals surface area contributed by atoms with Gasteiger partial charge in [-0.05, 0) is 6.42 Å². The molecule has 1 aromatic heterocycles. The van der Waals surface area contributed by atoms with E-state index < -0.39 is 9.84 Å². The lowest BCUT2D eigenvalue weighted by Crippen LogP contribution is -2.14. The summed E-state index contributed by atoms with van der Waals surface area (Å²) in [5, 5.41) is 8.70. The molecule has 0 aliphatic carbocycles. The standard InChI is InChI=1S/C12H14N4O2S2/c13-16-11(9-4-2-1-3-5-9)14-15-12(16)19-10-6-7-20(17,18)8-10/h1-5,10H,6-8,13H2. The van der Waals surface area contributed by atoms with Crippen molar-refractivity contribution in [1.82, 2.24) is 14.9 Å². The van der Waals surface area contributed by atoms with Gasteiger partial charge in [0.05, 0.1) is 11.5 Å². The molecule has 8 heteroatoms. The zero-order chi connectivity index (χ0) is 14.2. The van der Waals surface area contributed by atoms with Crippen molar-refractivity contribution in [2.45, 2.75) is 16.8 Å². The molecule has 1 aliphatic rings. The van der Waals surface area contributed by atoms with Crippen molar-refractivity contribution in [3.8, 4) is 11.4 Å². The van der Waals surface area contributed by atoms with Crippen LogP contribution in [-0.2, 0) is 9.84 Å². The first-order valence-corrected chi connectivity index (χ1v) is 8.88. The molecule has 0 bridgehead atoms. The number of benzene rings is 1. The molecule has 1 aromatic carbocycles. The summed E-state index contributed by atoms with van der Waals surface area (Å²) >= 11 is 1.38. The first-order chi connectivity index (χ1) is 9.55. The molecule has 1 atom stereocenters. The van der Waals surface area contributed by atoms with Crippen LogP contribution in [0.4, 0.5) is 0 Å². The quantitative estimate of drug-likeness (QED) is 0.848. The fourth-order valence-corrected chi connectivity index (χ4v) is 5.55. The van der Waals surface area contributed by atoms with E-state index in [0.717, 1.165) is 5.56 Å². The maximum atomic E-state index is 11.5. The Morgan fingerprint density at radius 3 is 2.65 bits per heavy atom. The van der Waals surface area contributed by atoms with Crippen LogP contribution in [0.1, 0.15) is 6.42 Å². The van der Waals surface area contributed by atoms with Crippen molar-refractivity contribution in [1.29, 1.82) is 0 Å². The zero-order valence-electron chi connectivity index (χ0n) is 10.6. The van der Waals surface area contributed by atoms with E-state index in [1.165, 1.54) is 16.4 Å². The van der Waals surface area contributed by atoms with Crippen LogP contribution in [-0.4, -0.2) is 40.0 Å². The Kier molecular flexibility index (Phi) is 3.43. The van der Waals surface area contributed by atoms with E-state index in [0.29, 0.717) is 17.4 Å². The van der Waals surface area contributed by atoms with E-state index in [2.05, 4.69) is 10.2 Å². The highest BCUT2D eigenvalue weighted by Crippen LogP contribution is 2.30. The molecule has 2 heterocycles. The largest absolute Gasteiger partial charge is 0.335 e. The molecule has 6 nitrogen and oxygen atoms in total. The average Bonchev–Trinajstić information content (AvgIpc) is 2.95. The minimum Gasteiger partial charge on any atom is -0.335 e. The Balaban J connectivity index is 1.81. The van der Waals surface area contributed by atoms with E-state index in [9.17, 15) is 8.42 Å². The Morgan fingerprint density at radius 2 is 2.00 bits per heavy atom. The number of aromatic nitrogens is 3. The first-order valence-electron chi connectivity index (χ1n) is 6.18. The van der Waals surface area contributed by atoms with E-state index in [-0.39, 0.29) is 16.8 Å². The molecule has 0 radical (unpaired) electrons. The SMILES string of the molecule is Nn1c(SC2CCS(=O)(=O)C2)nnc1-c1ccccc1. The third kappa shape index (κ3) is 2.66. The Morgan fingerprint density at radius 1 is 1.25 bits per heavy atom. The van der Waals surface area contributed by atoms with Gasteiger partial charge in [-0.15, -0.1) is 10.2 Å². The number of nitrogens with zero attached hydrogens (tertiary/aromatic N) is 3.